The minimum Gasteiger partial charge on any atom is -0.338 e. The van der Waals surface area contributed by atoms with E-state index in [1.54, 1.807) is 0 Å². The van der Waals surface area contributed by atoms with E-state index in [0.29, 0.717) is 29.4 Å². The van der Waals surface area contributed by atoms with Crippen LogP contribution in [0.25, 0.3) is 11.3 Å². The van der Waals surface area contributed by atoms with E-state index >= 15 is 0 Å². The van der Waals surface area contributed by atoms with Crippen LogP contribution in [0.2, 0.25) is 5.02 Å². The molecule has 0 bridgehead atoms. The van der Waals surface area contributed by atoms with E-state index in [-0.39, 0.29) is 29.9 Å². The number of aromatic nitrogens is 2. The summed E-state index contributed by atoms with van der Waals surface area (Å²) in [6.45, 7) is 7.55. The first-order valence-corrected chi connectivity index (χ1v) is 9.05. The molecule has 2 heterocycles. The molecule has 5 nitrogen and oxygen atoms in total. The Balaban J connectivity index is 0.00000243. The smallest absolute Gasteiger partial charge is 0.257 e. The SMILES string of the molecule is CC(C)(C)n1cc(C(=O)N2CCC(N)CC2)c(-c2ccccc2Cl)n1.Cl. The topological polar surface area (TPSA) is 64.2 Å². The van der Waals surface area contributed by atoms with E-state index in [0.717, 1.165) is 18.4 Å². The highest BCUT2D eigenvalue weighted by atomic mass is 35.5. The number of rotatable bonds is 2. The summed E-state index contributed by atoms with van der Waals surface area (Å²) < 4.78 is 1.84. The molecular weight excluding hydrogens is 371 g/mol. The summed E-state index contributed by atoms with van der Waals surface area (Å²) in [5, 5.41) is 5.30. The number of likely N-dealkylation sites (tertiary alicyclic amines) is 1. The van der Waals surface area contributed by atoms with Gasteiger partial charge < -0.3 is 10.6 Å². The molecule has 0 atom stereocenters. The van der Waals surface area contributed by atoms with Crippen molar-refractivity contribution in [3.8, 4) is 11.3 Å². The molecule has 1 saturated heterocycles. The number of hydrogen-bond acceptors (Lipinski definition) is 3. The average Bonchev–Trinajstić information content (AvgIpc) is 3.00. The van der Waals surface area contributed by atoms with Crippen molar-refractivity contribution in [1.82, 2.24) is 14.7 Å². The summed E-state index contributed by atoms with van der Waals surface area (Å²) in [5.74, 6) is -0.00248. The molecule has 2 aromatic rings. The first-order chi connectivity index (χ1) is 11.8. The van der Waals surface area contributed by atoms with Crippen molar-refractivity contribution in [1.29, 1.82) is 0 Å². The maximum Gasteiger partial charge on any atom is 0.257 e. The Labute approximate surface area is 165 Å². The molecular formula is C19H26Cl2N4O. The third-order valence-corrected chi connectivity index (χ3v) is 4.92. The van der Waals surface area contributed by atoms with Gasteiger partial charge in [0.25, 0.3) is 5.91 Å². The van der Waals surface area contributed by atoms with Crippen molar-refractivity contribution in [2.75, 3.05) is 13.1 Å². The van der Waals surface area contributed by atoms with Gasteiger partial charge in [-0.2, -0.15) is 5.10 Å². The number of carbonyl (C=O) groups is 1. The maximum absolute atomic E-state index is 13.1. The van der Waals surface area contributed by atoms with Crippen LogP contribution in [0, 0.1) is 0 Å². The van der Waals surface area contributed by atoms with Crippen LogP contribution >= 0.6 is 24.0 Å². The molecule has 3 rings (SSSR count). The van der Waals surface area contributed by atoms with Gasteiger partial charge in [-0.05, 0) is 39.7 Å². The maximum atomic E-state index is 13.1. The molecule has 1 aromatic carbocycles. The molecule has 1 aliphatic heterocycles. The van der Waals surface area contributed by atoms with Crippen LogP contribution in [0.5, 0.6) is 0 Å². The van der Waals surface area contributed by atoms with Gasteiger partial charge in [0, 0.05) is 30.9 Å². The summed E-state index contributed by atoms with van der Waals surface area (Å²) >= 11 is 6.37. The molecule has 2 N–H and O–H groups in total. The van der Waals surface area contributed by atoms with Crippen LogP contribution in [0.1, 0.15) is 44.0 Å². The fourth-order valence-electron chi connectivity index (χ4n) is 3.00. The van der Waals surface area contributed by atoms with Gasteiger partial charge >= 0.3 is 0 Å². The Morgan fingerprint density at radius 1 is 1.23 bits per heavy atom. The van der Waals surface area contributed by atoms with E-state index in [1.807, 2.05) is 40.0 Å². The van der Waals surface area contributed by atoms with Crippen molar-refractivity contribution < 1.29 is 4.79 Å². The zero-order chi connectivity index (χ0) is 18.2. The second-order valence-electron chi connectivity index (χ2n) is 7.62. The van der Waals surface area contributed by atoms with Crippen LogP contribution in [0.3, 0.4) is 0 Å². The zero-order valence-corrected chi connectivity index (χ0v) is 17.0. The summed E-state index contributed by atoms with van der Waals surface area (Å²) in [6, 6.07) is 7.69. The number of amides is 1. The van der Waals surface area contributed by atoms with Gasteiger partial charge in [0.2, 0.25) is 0 Å². The van der Waals surface area contributed by atoms with Crippen LogP contribution < -0.4 is 5.73 Å². The van der Waals surface area contributed by atoms with Crippen molar-refractivity contribution in [3.63, 3.8) is 0 Å². The van der Waals surface area contributed by atoms with Crippen molar-refractivity contribution in [2.24, 2.45) is 5.73 Å². The summed E-state index contributed by atoms with van der Waals surface area (Å²) in [7, 11) is 0. The van der Waals surface area contributed by atoms with Crippen LogP contribution in [0.15, 0.2) is 30.5 Å². The molecule has 26 heavy (non-hydrogen) atoms. The highest BCUT2D eigenvalue weighted by Crippen LogP contribution is 2.31. The predicted molar refractivity (Wildman–Crippen MR) is 108 cm³/mol. The molecule has 1 aliphatic rings. The highest BCUT2D eigenvalue weighted by Gasteiger charge is 2.28. The zero-order valence-electron chi connectivity index (χ0n) is 15.4. The quantitative estimate of drug-likeness (QED) is 0.835. The number of carbonyl (C=O) groups excluding carboxylic acids is 1. The van der Waals surface area contributed by atoms with E-state index in [2.05, 4.69) is 20.8 Å². The molecule has 0 spiro atoms. The fraction of sp³-hybridized carbons (Fsp3) is 0.474. The van der Waals surface area contributed by atoms with Crippen molar-refractivity contribution in [2.45, 2.75) is 45.2 Å². The van der Waals surface area contributed by atoms with Gasteiger partial charge in [-0.1, -0.05) is 29.8 Å². The van der Waals surface area contributed by atoms with Crippen LogP contribution in [0.4, 0.5) is 0 Å². The predicted octanol–water partition coefficient (Wildman–Crippen LogP) is 3.94. The van der Waals surface area contributed by atoms with Crippen molar-refractivity contribution in [3.05, 3.63) is 41.0 Å². The highest BCUT2D eigenvalue weighted by molar-refractivity contribution is 6.33. The fourth-order valence-corrected chi connectivity index (χ4v) is 3.22. The standard InChI is InChI=1S/C19H25ClN4O.ClH/c1-19(2,3)24-12-15(18(25)23-10-8-13(21)9-11-23)17(22-24)14-6-4-5-7-16(14)20;/h4-7,12-13H,8-11,21H2,1-3H3;1H. The lowest BCUT2D eigenvalue weighted by molar-refractivity contribution is 0.0715. The number of halogens is 2. The molecule has 0 aliphatic carbocycles. The number of piperidine rings is 1. The van der Waals surface area contributed by atoms with Gasteiger partial charge in [0.05, 0.1) is 16.1 Å². The lowest BCUT2D eigenvalue weighted by Crippen LogP contribution is -2.42. The van der Waals surface area contributed by atoms with Gasteiger partial charge in [-0.3, -0.25) is 9.48 Å². The number of nitrogens with zero attached hydrogens (tertiary/aromatic N) is 3. The largest absolute Gasteiger partial charge is 0.338 e. The molecule has 0 saturated carbocycles. The minimum absolute atomic E-state index is 0. The van der Waals surface area contributed by atoms with Gasteiger partial charge in [0.15, 0.2) is 0 Å². The van der Waals surface area contributed by atoms with Gasteiger partial charge in [-0.25, -0.2) is 0 Å². The minimum atomic E-state index is -0.223. The third kappa shape index (κ3) is 4.22. The number of benzene rings is 1. The van der Waals surface area contributed by atoms with Gasteiger partial charge in [0.1, 0.15) is 5.69 Å². The first kappa shape index (κ1) is 20.7. The van der Waals surface area contributed by atoms with E-state index in [9.17, 15) is 4.79 Å². The Bertz CT molecular complexity index is 774. The second-order valence-corrected chi connectivity index (χ2v) is 8.02. The van der Waals surface area contributed by atoms with E-state index in [4.69, 9.17) is 22.4 Å². The number of nitrogens with two attached hydrogens (primary N) is 1. The molecule has 1 fully saturated rings. The van der Waals surface area contributed by atoms with E-state index in [1.165, 1.54) is 0 Å². The molecule has 0 radical (unpaired) electrons. The normalized spacial score (nSPS) is 15.7. The third-order valence-electron chi connectivity index (χ3n) is 4.59. The second kappa shape index (κ2) is 7.99. The lowest BCUT2D eigenvalue weighted by atomic mass is 10.0. The van der Waals surface area contributed by atoms with Gasteiger partial charge in [-0.15, -0.1) is 12.4 Å². The average molecular weight is 397 g/mol. The molecule has 1 aromatic heterocycles. The monoisotopic (exact) mass is 396 g/mol. The Morgan fingerprint density at radius 3 is 2.42 bits per heavy atom. The Morgan fingerprint density at radius 2 is 1.85 bits per heavy atom. The summed E-state index contributed by atoms with van der Waals surface area (Å²) in [6.07, 6.45) is 3.51. The lowest BCUT2D eigenvalue weighted by Gasteiger charge is -2.30. The molecule has 0 unspecified atom stereocenters. The molecule has 1 amide bonds. The molecule has 142 valence electrons. The first-order valence-electron chi connectivity index (χ1n) is 8.67. The Kier molecular flexibility index (Phi) is 6.37. The van der Waals surface area contributed by atoms with E-state index < -0.39 is 0 Å². The number of hydrogen-bond donors (Lipinski definition) is 1. The van der Waals surface area contributed by atoms with Crippen molar-refractivity contribution >= 4 is 29.9 Å². The summed E-state index contributed by atoms with van der Waals surface area (Å²) in [5.41, 5.74) is 7.76. The van der Waals surface area contributed by atoms with Crippen LogP contribution in [-0.4, -0.2) is 39.7 Å². The Hall–Kier alpha value is -1.56. The molecule has 7 heteroatoms. The summed E-state index contributed by atoms with van der Waals surface area (Å²) in [4.78, 5) is 15.0. The van der Waals surface area contributed by atoms with Crippen LogP contribution in [-0.2, 0) is 5.54 Å².